The maximum atomic E-state index is 12.9. The molecule has 0 N–H and O–H groups in total. The number of imide groups is 1. The van der Waals surface area contributed by atoms with Crippen molar-refractivity contribution >= 4 is 46.9 Å². The molecule has 2 aromatic heterocycles. The van der Waals surface area contributed by atoms with Gasteiger partial charge in [-0.1, -0.05) is 11.6 Å². The zero-order valence-corrected chi connectivity index (χ0v) is 20.5. The Balaban J connectivity index is 2.62. The van der Waals surface area contributed by atoms with Gasteiger partial charge in [0.15, 0.2) is 5.65 Å². The lowest BCUT2D eigenvalue weighted by Gasteiger charge is -2.27. The maximum absolute atomic E-state index is 12.9. The van der Waals surface area contributed by atoms with Crippen molar-refractivity contribution in [2.75, 3.05) is 4.90 Å². The first-order valence-electron chi connectivity index (χ1n) is 9.92. The highest BCUT2D eigenvalue weighted by Gasteiger charge is 2.35. The molecule has 0 aliphatic rings. The monoisotopic (exact) mass is 468 g/mol. The van der Waals surface area contributed by atoms with E-state index in [0.717, 1.165) is 4.57 Å². The molecule has 0 unspecified atom stereocenters. The van der Waals surface area contributed by atoms with Gasteiger partial charge < -0.3 is 14.2 Å². The lowest BCUT2D eigenvalue weighted by Crippen LogP contribution is -2.44. The highest BCUT2D eigenvalue weighted by molar-refractivity contribution is 6.34. The smallest absolute Gasteiger partial charge is 0.427 e. The second-order valence-electron chi connectivity index (χ2n) is 10.0. The molecular formula is C21H29ClN4O6. The Morgan fingerprint density at radius 1 is 0.844 bits per heavy atom. The molecule has 2 heterocycles. The number of aromatic nitrogens is 3. The van der Waals surface area contributed by atoms with Gasteiger partial charge in [-0.2, -0.15) is 9.97 Å². The lowest BCUT2D eigenvalue weighted by molar-refractivity contribution is 0.0426. The Hall–Kier alpha value is -2.88. The van der Waals surface area contributed by atoms with E-state index in [9.17, 15) is 14.4 Å². The molecule has 0 aliphatic heterocycles. The fourth-order valence-electron chi connectivity index (χ4n) is 2.38. The first-order valence-corrected chi connectivity index (χ1v) is 10.3. The maximum Gasteiger partial charge on any atom is 0.427 e. The van der Waals surface area contributed by atoms with Gasteiger partial charge in [-0.05, 0) is 68.4 Å². The molecule has 0 bridgehead atoms. The van der Waals surface area contributed by atoms with Gasteiger partial charge in [-0.25, -0.2) is 19.0 Å². The number of rotatable bonds is 1. The molecule has 10 nitrogen and oxygen atoms in total. The van der Waals surface area contributed by atoms with E-state index in [1.54, 1.807) is 62.3 Å². The first-order chi connectivity index (χ1) is 14.4. The average molecular weight is 469 g/mol. The van der Waals surface area contributed by atoms with E-state index < -0.39 is 41.0 Å². The van der Waals surface area contributed by atoms with E-state index in [0.29, 0.717) is 10.3 Å². The largest absolute Gasteiger partial charge is 0.443 e. The van der Waals surface area contributed by atoms with E-state index in [1.165, 1.54) is 12.3 Å². The minimum Gasteiger partial charge on any atom is -0.443 e. The summed E-state index contributed by atoms with van der Waals surface area (Å²) < 4.78 is 17.2. The molecule has 2 amide bonds. The minimum absolute atomic E-state index is 0.0476. The molecule has 0 aliphatic carbocycles. The number of hydrogen-bond acceptors (Lipinski definition) is 8. The Kier molecular flexibility index (Phi) is 6.80. The van der Waals surface area contributed by atoms with E-state index >= 15 is 0 Å². The van der Waals surface area contributed by atoms with Crippen molar-refractivity contribution in [2.45, 2.75) is 79.1 Å². The van der Waals surface area contributed by atoms with Gasteiger partial charge >= 0.3 is 18.3 Å². The third kappa shape index (κ3) is 6.56. The molecule has 0 fully saturated rings. The van der Waals surface area contributed by atoms with E-state index in [-0.39, 0.29) is 10.8 Å². The number of carbonyl (C=O) groups excluding carboxylic acids is 3. The highest BCUT2D eigenvalue weighted by Crippen LogP contribution is 2.27. The topological polar surface area (TPSA) is 113 Å². The van der Waals surface area contributed by atoms with Crippen LogP contribution in [0.3, 0.4) is 0 Å². The number of halogens is 1. The number of amides is 2. The van der Waals surface area contributed by atoms with Gasteiger partial charge in [0.05, 0.1) is 5.39 Å². The zero-order valence-electron chi connectivity index (χ0n) is 19.8. The van der Waals surface area contributed by atoms with Crippen LogP contribution in [0.25, 0.3) is 11.0 Å². The molecule has 2 aromatic rings. The summed E-state index contributed by atoms with van der Waals surface area (Å²) >= 11 is 6.29. The van der Waals surface area contributed by atoms with Crippen molar-refractivity contribution in [3.05, 3.63) is 17.4 Å². The number of carbonyl (C=O) groups is 3. The summed E-state index contributed by atoms with van der Waals surface area (Å²) in [5, 5.41) is 0.249. The molecule has 0 radical (unpaired) electrons. The quantitative estimate of drug-likeness (QED) is 0.395. The average Bonchev–Trinajstić information content (AvgIpc) is 2.94. The predicted molar refractivity (Wildman–Crippen MR) is 119 cm³/mol. The number of ether oxygens (including phenoxy) is 3. The molecule has 0 atom stereocenters. The standard InChI is InChI=1S/C21H29ClN4O6/c1-19(2,3)30-16(27)25-11-10-12-13(22)23-15(24-14(12)25)26(17(28)31-20(4,5)6)18(29)32-21(7,8)9/h10-11H,1-9H3. The van der Waals surface area contributed by atoms with Crippen molar-refractivity contribution in [1.82, 2.24) is 14.5 Å². The van der Waals surface area contributed by atoms with Crippen LogP contribution < -0.4 is 4.90 Å². The normalized spacial score (nSPS) is 12.4. The second kappa shape index (κ2) is 8.57. The molecule has 0 saturated heterocycles. The summed E-state index contributed by atoms with van der Waals surface area (Å²) in [6, 6.07) is 1.52. The molecular weight excluding hydrogens is 440 g/mol. The predicted octanol–water partition coefficient (Wildman–Crippen LogP) is 5.54. The Morgan fingerprint density at radius 3 is 1.75 bits per heavy atom. The van der Waals surface area contributed by atoms with Gasteiger partial charge in [0.2, 0.25) is 5.95 Å². The van der Waals surface area contributed by atoms with E-state index in [4.69, 9.17) is 25.8 Å². The summed E-state index contributed by atoms with van der Waals surface area (Å²) in [6.45, 7) is 15.0. The van der Waals surface area contributed by atoms with Crippen molar-refractivity contribution in [3.63, 3.8) is 0 Å². The summed E-state index contributed by atoms with van der Waals surface area (Å²) in [4.78, 5) is 47.2. The molecule has 11 heteroatoms. The first kappa shape index (κ1) is 25.4. The third-order valence-corrected chi connectivity index (χ3v) is 3.72. The summed E-state index contributed by atoms with van der Waals surface area (Å²) in [6.07, 6.45) is -1.42. The van der Waals surface area contributed by atoms with Crippen LogP contribution >= 0.6 is 11.6 Å². The van der Waals surface area contributed by atoms with Crippen LogP contribution in [0.2, 0.25) is 5.15 Å². The van der Waals surface area contributed by atoms with Crippen molar-refractivity contribution in [1.29, 1.82) is 0 Å². The molecule has 0 saturated carbocycles. The van der Waals surface area contributed by atoms with E-state index in [1.807, 2.05) is 0 Å². The molecule has 32 heavy (non-hydrogen) atoms. The van der Waals surface area contributed by atoms with Gasteiger partial charge in [-0.15, -0.1) is 4.90 Å². The third-order valence-electron chi connectivity index (χ3n) is 3.43. The van der Waals surface area contributed by atoms with Crippen LogP contribution in [0.5, 0.6) is 0 Å². The minimum atomic E-state index is -1.06. The van der Waals surface area contributed by atoms with Crippen molar-refractivity contribution in [2.24, 2.45) is 0 Å². The summed E-state index contributed by atoms with van der Waals surface area (Å²) in [5.41, 5.74) is -2.54. The van der Waals surface area contributed by atoms with Crippen LogP contribution in [-0.2, 0) is 14.2 Å². The molecule has 176 valence electrons. The highest BCUT2D eigenvalue weighted by atomic mass is 35.5. The van der Waals surface area contributed by atoms with Crippen LogP contribution in [0.1, 0.15) is 62.3 Å². The van der Waals surface area contributed by atoms with Crippen LogP contribution in [-0.4, -0.2) is 49.6 Å². The fourth-order valence-corrected chi connectivity index (χ4v) is 2.60. The SMILES string of the molecule is CC(C)(C)OC(=O)N(C(=O)OC(C)(C)C)c1nc(Cl)c2ccn(C(=O)OC(C)(C)C)c2n1. The fraction of sp³-hybridized carbons (Fsp3) is 0.571. The van der Waals surface area contributed by atoms with Gasteiger partial charge in [-0.3, -0.25) is 0 Å². The van der Waals surface area contributed by atoms with Gasteiger partial charge in [0, 0.05) is 6.20 Å². The number of fused-ring (bicyclic) bond motifs is 1. The van der Waals surface area contributed by atoms with Gasteiger partial charge in [0.1, 0.15) is 22.0 Å². The zero-order chi connectivity index (χ0) is 24.6. The van der Waals surface area contributed by atoms with Crippen LogP contribution in [0, 0.1) is 0 Å². The van der Waals surface area contributed by atoms with Gasteiger partial charge in [0.25, 0.3) is 0 Å². The molecule has 0 aromatic carbocycles. The van der Waals surface area contributed by atoms with Crippen molar-refractivity contribution in [3.8, 4) is 0 Å². The Morgan fingerprint density at radius 2 is 1.31 bits per heavy atom. The molecule has 0 spiro atoms. The molecule has 2 rings (SSSR count). The van der Waals surface area contributed by atoms with Crippen LogP contribution in [0.15, 0.2) is 12.3 Å². The number of hydrogen-bond donors (Lipinski definition) is 0. The van der Waals surface area contributed by atoms with E-state index in [2.05, 4.69) is 9.97 Å². The lowest BCUT2D eigenvalue weighted by atomic mass is 10.2. The second-order valence-corrected chi connectivity index (χ2v) is 10.4. The number of anilines is 1. The summed E-state index contributed by atoms with van der Waals surface area (Å²) in [7, 11) is 0. The Labute approximate surface area is 191 Å². The van der Waals surface area contributed by atoms with Crippen molar-refractivity contribution < 1.29 is 28.6 Å². The Bertz CT molecular complexity index is 1020. The van der Waals surface area contributed by atoms with Crippen LogP contribution in [0.4, 0.5) is 20.3 Å². The number of nitrogens with zero attached hydrogens (tertiary/aromatic N) is 4. The summed E-state index contributed by atoms with van der Waals surface area (Å²) in [5.74, 6) is -0.408.